The molecule has 0 radical (unpaired) electrons. The number of aromatic nitrogens is 4. The summed E-state index contributed by atoms with van der Waals surface area (Å²) in [6.07, 6.45) is 1.82. The van der Waals surface area contributed by atoms with E-state index in [-0.39, 0.29) is 13.2 Å². The molecule has 0 saturated carbocycles. The van der Waals surface area contributed by atoms with Crippen molar-refractivity contribution in [2.24, 2.45) is 5.73 Å². The monoisotopic (exact) mass is 249 g/mol. The lowest BCUT2D eigenvalue weighted by Gasteiger charge is -2.07. The van der Waals surface area contributed by atoms with Crippen molar-refractivity contribution in [3.05, 3.63) is 42.5 Å². The average molecular weight is 249 g/mol. The van der Waals surface area contributed by atoms with E-state index in [1.165, 1.54) is 11.1 Å². The molecule has 18 heavy (non-hydrogen) atoms. The van der Waals surface area contributed by atoms with Crippen molar-refractivity contribution in [3.8, 4) is 11.4 Å². The zero-order chi connectivity index (χ0) is 12.8. The van der Waals surface area contributed by atoms with E-state index in [2.05, 4.69) is 15.4 Å². The molecule has 6 nitrogen and oxygen atoms in total. The van der Waals surface area contributed by atoms with Crippen LogP contribution in [-0.2, 0) is 0 Å². The molecule has 0 aliphatic carbocycles. The maximum atomic E-state index is 12.3. The molecule has 1 aromatic carbocycles. The molecule has 7 heteroatoms. The highest BCUT2D eigenvalue weighted by molar-refractivity contribution is 5.35. The second kappa shape index (κ2) is 5.87. The molecule has 0 saturated heterocycles. The van der Waals surface area contributed by atoms with Crippen LogP contribution < -0.4 is 10.5 Å². The van der Waals surface area contributed by atoms with Crippen molar-refractivity contribution in [2.75, 3.05) is 13.2 Å². The SMILES string of the molecule is NC/C(=C\F)COc1ccc(-n2ncnn2)cc1. The van der Waals surface area contributed by atoms with Crippen molar-refractivity contribution in [3.63, 3.8) is 0 Å². The Morgan fingerprint density at radius 1 is 1.39 bits per heavy atom. The topological polar surface area (TPSA) is 78.9 Å². The van der Waals surface area contributed by atoms with Gasteiger partial charge in [0.1, 0.15) is 12.4 Å². The summed E-state index contributed by atoms with van der Waals surface area (Å²) in [4.78, 5) is 1.39. The molecular weight excluding hydrogens is 237 g/mol. The Balaban J connectivity index is 2.00. The highest BCUT2D eigenvalue weighted by atomic mass is 19.1. The molecule has 0 spiro atoms. The van der Waals surface area contributed by atoms with Gasteiger partial charge < -0.3 is 10.5 Å². The molecule has 0 unspecified atom stereocenters. The number of hydrogen-bond acceptors (Lipinski definition) is 5. The van der Waals surface area contributed by atoms with Crippen LogP contribution in [0.1, 0.15) is 0 Å². The molecule has 0 amide bonds. The lowest BCUT2D eigenvalue weighted by molar-refractivity contribution is 0.347. The molecule has 1 heterocycles. The van der Waals surface area contributed by atoms with E-state index >= 15 is 0 Å². The van der Waals surface area contributed by atoms with Crippen LogP contribution >= 0.6 is 0 Å². The first-order chi connectivity index (χ1) is 8.83. The molecule has 0 bridgehead atoms. The number of halogens is 1. The van der Waals surface area contributed by atoms with Gasteiger partial charge in [0, 0.05) is 12.1 Å². The Morgan fingerprint density at radius 3 is 2.72 bits per heavy atom. The van der Waals surface area contributed by atoms with Crippen LogP contribution in [0.25, 0.3) is 5.69 Å². The van der Waals surface area contributed by atoms with E-state index in [1.54, 1.807) is 24.3 Å². The number of tetrazole rings is 1. The van der Waals surface area contributed by atoms with Gasteiger partial charge >= 0.3 is 0 Å². The maximum absolute atomic E-state index is 12.3. The standard InChI is InChI=1S/C11H12FN5O/c12-5-9(6-13)7-18-11-3-1-10(2-4-11)17-15-8-14-16-17/h1-5,8H,6-7,13H2/b9-5+. The largest absolute Gasteiger partial charge is 0.489 e. The minimum Gasteiger partial charge on any atom is -0.489 e. The lowest BCUT2D eigenvalue weighted by atomic mass is 10.3. The van der Waals surface area contributed by atoms with Crippen LogP contribution in [-0.4, -0.2) is 33.4 Å². The molecular formula is C11H12FN5O. The summed E-state index contributed by atoms with van der Waals surface area (Å²) in [5.41, 5.74) is 6.48. The Morgan fingerprint density at radius 2 is 2.17 bits per heavy atom. The Hall–Kier alpha value is -2.28. The molecule has 0 atom stereocenters. The summed E-state index contributed by atoms with van der Waals surface area (Å²) in [6.45, 7) is 0.269. The van der Waals surface area contributed by atoms with Gasteiger partial charge in [0.05, 0.1) is 12.0 Å². The number of ether oxygens (including phenoxy) is 1. The third-order valence-corrected chi connectivity index (χ3v) is 2.26. The summed E-state index contributed by atoms with van der Waals surface area (Å²) < 4.78 is 17.6. The Kier molecular flexibility index (Phi) is 3.98. The minimum absolute atomic E-state index is 0.133. The first-order valence-electron chi connectivity index (χ1n) is 5.28. The molecule has 2 N–H and O–H groups in total. The van der Waals surface area contributed by atoms with Crippen molar-refractivity contribution >= 4 is 0 Å². The molecule has 94 valence electrons. The summed E-state index contributed by atoms with van der Waals surface area (Å²) in [7, 11) is 0. The zero-order valence-corrected chi connectivity index (χ0v) is 9.53. The maximum Gasteiger partial charge on any atom is 0.162 e. The van der Waals surface area contributed by atoms with Crippen LogP contribution in [0, 0.1) is 0 Å². The van der Waals surface area contributed by atoms with Gasteiger partial charge in [0.25, 0.3) is 0 Å². The number of hydrogen-bond donors (Lipinski definition) is 1. The second-order valence-electron chi connectivity index (χ2n) is 3.48. The van der Waals surface area contributed by atoms with E-state index in [4.69, 9.17) is 10.5 Å². The molecule has 2 aromatic rings. The van der Waals surface area contributed by atoms with Gasteiger partial charge in [-0.25, -0.2) is 4.39 Å². The average Bonchev–Trinajstić information content (AvgIpc) is 2.94. The summed E-state index contributed by atoms with van der Waals surface area (Å²) in [5.74, 6) is 0.617. The number of benzene rings is 1. The number of nitrogens with zero attached hydrogens (tertiary/aromatic N) is 4. The highest BCUT2D eigenvalue weighted by Gasteiger charge is 2.01. The summed E-state index contributed by atoms with van der Waals surface area (Å²) in [6, 6.07) is 7.03. The fraction of sp³-hybridized carbons (Fsp3) is 0.182. The van der Waals surface area contributed by atoms with Crippen LogP contribution in [0.3, 0.4) is 0 Å². The predicted octanol–water partition coefficient (Wildman–Crippen LogP) is 0.853. The van der Waals surface area contributed by atoms with Gasteiger partial charge in [-0.05, 0) is 29.5 Å². The zero-order valence-electron chi connectivity index (χ0n) is 9.53. The highest BCUT2D eigenvalue weighted by Crippen LogP contribution is 2.14. The van der Waals surface area contributed by atoms with Gasteiger partial charge in [-0.15, -0.1) is 15.0 Å². The van der Waals surface area contributed by atoms with E-state index in [0.29, 0.717) is 17.7 Å². The molecule has 0 aliphatic heterocycles. The quantitative estimate of drug-likeness (QED) is 0.850. The minimum atomic E-state index is 0.133. The van der Waals surface area contributed by atoms with Crippen LogP contribution in [0.5, 0.6) is 5.75 Å². The van der Waals surface area contributed by atoms with Gasteiger partial charge in [-0.1, -0.05) is 0 Å². The predicted molar refractivity (Wildman–Crippen MR) is 62.9 cm³/mol. The Labute approximate surface area is 103 Å². The van der Waals surface area contributed by atoms with Crippen molar-refractivity contribution in [1.82, 2.24) is 20.2 Å². The lowest BCUT2D eigenvalue weighted by Crippen LogP contribution is -2.10. The van der Waals surface area contributed by atoms with Crippen molar-refractivity contribution < 1.29 is 9.13 Å². The molecule has 2 rings (SSSR count). The number of rotatable bonds is 5. The normalized spacial score (nSPS) is 11.6. The molecule has 0 aliphatic rings. The third kappa shape index (κ3) is 2.89. The smallest absolute Gasteiger partial charge is 0.162 e. The van der Waals surface area contributed by atoms with E-state index in [0.717, 1.165) is 5.69 Å². The molecule has 1 aromatic heterocycles. The van der Waals surface area contributed by atoms with Crippen molar-refractivity contribution in [2.45, 2.75) is 0 Å². The van der Waals surface area contributed by atoms with Crippen LogP contribution in [0.2, 0.25) is 0 Å². The number of nitrogens with two attached hydrogens (primary N) is 1. The first kappa shape index (κ1) is 12.2. The van der Waals surface area contributed by atoms with E-state index < -0.39 is 0 Å². The molecule has 0 fully saturated rings. The van der Waals surface area contributed by atoms with Gasteiger partial charge in [-0.2, -0.15) is 0 Å². The first-order valence-corrected chi connectivity index (χ1v) is 5.28. The van der Waals surface area contributed by atoms with Gasteiger partial charge in [0.15, 0.2) is 6.33 Å². The van der Waals surface area contributed by atoms with Crippen molar-refractivity contribution in [1.29, 1.82) is 0 Å². The summed E-state index contributed by atoms with van der Waals surface area (Å²) in [5, 5.41) is 11.3. The summed E-state index contributed by atoms with van der Waals surface area (Å²) >= 11 is 0. The van der Waals surface area contributed by atoms with Crippen LogP contribution in [0.15, 0.2) is 42.5 Å². The van der Waals surface area contributed by atoms with Gasteiger partial charge in [-0.3, -0.25) is 0 Å². The van der Waals surface area contributed by atoms with Crippen LogP contribution in [0.4, 0.5) is 4.39 Å². The van der Waals surface area contributed by atoms with Gasteiger partial charge in [0.2, 0.25) is 0 Å². The Bertz CT molecular complexity index is 509. The fourth-order valence-corrected chi connectivity index (χ4v) is 1.27. The van der Waals surface area contributed by atoms with E-state index in [1.807, 2.05) is 0 Å². The third-order valence-electron chi connectivity index (χ3n) is 2.26. The van der Waals surface area contributed by atoms with E-state index in [9.17, 15) is 4.39 Å². The second-order valence-corrected chi connectivity index (χ2v) is 3.48. The fourth-order valence-electron chi connectivity index (χ4n) is 1.27.